The maximum Gasteiger partial charge on any atom is -0.0233 e. The zero-order valence-electron chi connectivity index (χ0n) is 13.2. The fourth-order valence-electron chi connectivity index (χ4n) is 1.14. The molecular weight excluding hydrogens is 204 g/mol. The first-order valence-corrected chi connectivity index (χ1v) is 6.92. The second-order valence-corrected chi connectivity index (χ2v) is 2.80. The molecule has 100 valence electrons. The van der Waals surface area contributed by atoms with Gasteiger partial charge in [0.15, 0.2) is 0 Å². The quantitative estimate of drug-likeness (QED) is 0.490. The summed E-state index contributed by atoms with van der Waals surface area (Å²) < 4.78 is 0. The van der Waals surface area contributed by atoms with Gasteiger partial charge in [0.25, 0.3) is 0 Å². The van der Waals surface area contributed by atoms with Gasteiger partial charge < -0.3 is 0 Å². The first kappa shape index (κ1) is 21.3. The van der Waals surface area contributed by atoms with Crippen LogP contribution in [-0.4, -0.2) is 0 Å². The van der Waals surface area contributed by atoms with Crippen LogP contribution in [0.15, 0.2) is 47.6 Å². The van der Waals surface area contributed by atoms with Crippen LogP contribution in [0.2, 0.25) is 0 Å². The highest BCUT2D eigenvalue weighted by molar-refractivity contribution is 5.45. The van der Waals surface area contributed by atoms with Crippen molar-refractivity contribution in [3.8, 4) is 0 Å². The Kier molecular flexibility index (Phi) is 25.5. The number of hydrogen-bond acceptors (Lipinski definition) is 0. The van der Waals surface area contributed by atoms with Gasteiger partial charge in [-0.15, -0.1) is 0 Å². The van der Waals surface area contributed by atoms with E-state index in [1.165, 1.54) is 11.1 Å². The van der Waals surface area contributed by atoms with Crippen LogP contribution in [0.25, 0.3) is 0 Å². The number of hydrogen-bond donors (Lipinski definition) is 0. The van der Waals surface area contributed by atoms with Crippen LogP contribution in [0.3, 0.4) is 0 Å². The standard InChI is InChI=1S/C13H20.2C2H6/c1-5-9-11-13(8-4)12(7-3)10-6-2;2*1-2/h6-11H,5H2,1-4H3;2*1-2H3/b10-6-,11-9-,12-7+,13-8+;;. The molecule has 0 spiro atoms. The van der Waals surface area contributed by atoms with Gasteiger partial charge in [0, 0.05) is 0 Å². The van der Waals surface area contributed by atoms with E-state index in [0.717, 1.165) is 6.42 Å². The van der Waals surface area contributed by atoms with Gasteiger partial charge >= 0.3 is 0 Å². The summed E-state index contributed by atoms with van der Waals surface area (Å²) >= 11 is 0. The van der Waals surface area contributed by atoms with Crippen molar-refractivity contribution in [2.75, 3.05) is 0 Å². The van der Waals surface area contributed by atoms with E-state index >= 15 is 0 Å². The van der Waals surface area contributed by atoms with E-state index < -0.39 is 0 Å². The molecule has 0 unspecified atom stereocenters. The number of allylic oxidation sites excluding steroid dienone is 8. The minimum atomic E-state index is 1.09. The first-order valence-electron chi connectivity index (χ1n) is 6.92. The summed E-state index contributed by atoms with van der Waals surface area (Å²) in [6.07, 6.45) is 13.9. The monoisotopic (exact) mass is 236 g/mol. The summed E-state index contributed by atoms with van der Waals surface area (Å²) in [5, 5.41) is 0. The third kappa shape index (κ3) is 12.9. The molecule has 0 nitrogen and oxygen atoms in total. The van der Waals surface area contributed by atoms with Gasteiger partial charge in [-0.2, -0.15) is 0 Å². The Morgan fingerprint density at radius 2 is 1.18 bits per heavy atom. The zero-order valence-corrected chi connectivity index (χ0v) is 13.2. The molecule has 0 aliphatic carbocycles. The highest BCUT2D eigenvalue weighted by Gasteiger charge is 1.93. The van der Waals surface area contributed by atoms with Gasteiger partial charge in [-0.05, 0) is 38.3 Å². The van der Waals surface area contributed by atoms with E-state index in [9.17, 15) is 0 Å². The average Bonchev–Trinajstić information content (AvgIpc) is 2.42. The van der Waals surface area contributed by atoms with Crippen molar-refractivity contribution in [1.29, 1.82) is 0 Å². The molecule has 0 aromatic heterocycles. The second-order valence-electron chi connectivity index (χ2n) is 2.80. The fraction of sp³-hybridized carbons (Fsp3) is 0.529. The molecule has 0 saturated heterocycles. The Labute approximate surface area is 110 Å². The maximum absolute atomic E-state index is 2.18. The minimum absolute atomic E-state index is 1.09. The number of rotatable bonds is 4. The van der Waals surface area contributed by atoms with E-state index in [1.54, 1.807) is 0 Å². The molecule has 0 fully saturated rings. The van der Waals surface area contributed by atoms with Crippen LogP contribution in [0, 0.1) is 0 Å². The van der Waals surface area contributed by atoms with Crippen LogP contribution >= 0.6 is 0 Å². The highest BCUT2D eigenvalue weighted by atomic mass is 14.0. The van der Waals surface area contributed by atoms with Gasteiger partial charge in [0.05, 0.1) is 0 Å². The van der Waals surface area contributed by atoms with Crippen LogP contribution in [-0.2, 0) is 0 Å². The Hall–Kier alpha value is -1.04. The topological polar surface area (TPSA) is 0 Å². The molecule has 0 aromatic rings. The summed E-state index contributed by atoms with van der Waals surface area (Å²) in [5.41, 5.74) is 2.58. The summed E-state index contributed by atoms with van der Waals surface area (Å²) in [4.78, 5) is 0. The highest BCUT2D eigenvalue weighted by Crippen LogP contribution is 2.13. The van der Waals surface area contributed by atoms with E-state index in [2.05, 4.69) is 57.2 Å². The van der Waals surface area contributed by atoms with Crippen LogP contribution < -0.4 is 0 Å². The van der Waals surface area contributed by atoms with E-state index in [-0.39, 0.29) is 0 Å². The molecule has 0 rings (SSSR count). The molecule has 0 saturated carbocycles. The summed E-state index contributed by atoms with van der Waals surface area (Å²) in [5.74, 6) is 0. The van der Waals surface area contributed by atoms with Gasteiger partial charge in [-0.1, -0.05) is 71.1 Å². The van der Waals surface area contributed by atoms with Gasteiger partial charge in [-0.3, -0.25) is 0 Å². The van der Waals surface area contributed by atoms with Crippen molar-refractivity contribution in [3.05, 3.63) is 47.6 Å². The smallest absolute Gasteiger partial charge is 0.0233 e. The molecule has 0 aromatic carbocycles. The largest absolute Gasteiger partial charge is 0.0871 e. The Morgan fingerprint density at radius 3 is 1.47 bits per heavy atom. The second kappa shape index (κ2) is 20.4. The van der Waals surface area contributed by atoms with Crippen molar-refractivity contribution < 1.29 is 0 Å². The van der Waals surface area contributed by atoms with Crippen molar-refractivity contribution in [2.24, 2.45) is 0 Å². The van der Waals surface area contributed by atoms with Crippen LogP contribution in [0.5, 0.6) is 0 Å². The fourth-order valence-corrected chi connectivity index (χ4v) is 1.14. The summed E-state index contributed by atoms with van der Waals surface area (Å²) in [7, 11) is 0. The third-order valence-corrected chi connectivity index (χ3v) is 1.83. The molecule has 0 N–H and O–H groups in total. The van der Waals surface area contributed by atoms with E-state index in [1.807, 2.05) is 34.6 Å². The first-order chi connectivity index (χ1) is 8.29. The molecule has 0 bridgehead atoms. The van der Waals surface area contributed by atoms with Gasteiger partial charge in [-0.25, -0.2) is 0 Å². The molecule has 17 heavy (non-hydrogen) atoms. The molecule has 0 radical (unpaired) electrons. The lowest BCUT2D eigenvalue weighted by Crippen LogP contribution is -1.81. The third-order valence-electron chi connectivity index (χ3n) is 1.83. The molecule has 0 aliphatic heterocycles. The van der Waals surface area contributed by atoms with Crippen LogP contribution in [0.4, 0.5) is 0 Å². The Morgan fingerprint density at radius 1 is 0.765 bits per heavy atom. The lowest BCUT2D eigenvalue weighted by Gasteiger charge is -2.01. The van der Waals surface area contributed by atoms with Gasteiger partial charge in [0.2, 0.25) is 0 Å². The lowest BCUT2D eigenvalue weighted by molar-refractivity contribution is 1.22. The normalized spacial score (nSPS) is 12.0. The molecule has 0 heteroatoms. The van der Waals surface area contributed by atoms with Crippen LogP contribution in [0.1, 0.15) is 61.8 Å². The average molecular weight is 236 g/mol. The van der Waals surface area contributed by atoms with Crippen molar-refractivity contribution in [3.63, 3.8) is 0 Å². The molecule has 0 aliphatic rings. The predicted molar refractivity (Wildman–Crippen MR) is 84.5 cm³/mol. The summed E-state index contributed by atoms with van der Waals surface area (Å²) in [6, 6.07) is 0. The SMILES string of the molecule is CC.CC.C\C=C/C(=C\C)C(/C=C\CC)=C/C. The Balaban J connectivity index is -0.000000439. The zero-order chi connectivity index (χ0) is 14.1. The maximum atomic E-state index is 2.18. The summed E-state index contributed by atoms with van der Waals surface area (Å²) in [6.45, 7) is 16.3. The van der Waals surface area contributed by atoms with Crippen molar-refractivity contribution in [1.82, 2.24) is 0 Å². The van der Waals surface area contributed by atoms with E-state index in [0.29, 0.717) is 0 Å². The molecule has 0 amide bonds. The predicted octanol–water partition coefficient (Wildman–Crippen LogP) is 6.47. The lowest BCUT2D eigenvalue weighted by atomic mass is 10.0. The van der Waals surface area contributed by atoms with Crippen molar-refractivity contribution >= 4 is 0 Å². The van der Waals surface area contributed by atoms with Crippen molar-refractivity contribution in [2.45, 2.75) is 61.8 Å². The minimum Gasteiger partial charge on any atom is -0.0871 e. The molecule has 0 atom stereocenters. The molecular formula is C17H32. The van der Waals surface area contributed by atoms with E-state index in [4.69, 9.17) is 0 Å². The Bertz CT molecular complexity index is 237. The molecule has 0 heterocycles. The van der Waals surface area contributed by atoms with Gasteiger partial charge in [0.1, 0.15) is 0 Å².